The van der Waals surface area contributed by atoms with Crippen LogP contribution in [0, 0.1) is 5.92 Å². The average molecular weight is 602 g/mol. The van der Waals surface area contributed by atoms with Gasteiger partial charge >= 0.3 is 11.9 Å². The summed E-state index contributed by atoms with van der Waals surface area (Å²) in [5.41, 5.74) is -2.57. The lowest BCUT2D eigenvalue weighted by molar-refractivity contribution is -0.223. The van der Waals surface area contributed by atoms with Gasteiger partial charge in [0.2, 0.25) is 5.91 Å². The van der Waals surface area contributed by atoms with Gasteiger partial charge in [-0.05, 0) is 56.5 Å². The Balaban J connectivity index is 1.56. The molecule has 2 saturated heterocycles. The monoisotopic (exact) mass is 601 g/mol. The first-order chi connectivity index (χ1) is 21.0. The molecule has 4 atom stereocenters. The van der Waals surface area contributed by atoms with Crippen molar-refractivity contribution in [1.82, 2.24) is 4.90 Å². The van der Waals surface area contributed by atoms with Gasteiger partial charge in [0.1, 0.15) is 23.6 Å². The van der Waals surface area contributed by atoms with E-state index >= 15 is 0 Å². The lowest BCUT2D eigenvalue weighted by atomic mass is 9.76. The van der Waals surface area contributed by atoms with Gasteiger partial charge in [-0.3, -0.25) is 4.79 Å². The molecule has 0 bridgehead atoms. The van der Waals surface area contributed by atoms with Crippen molar-refractivity contribution in [2.45, 2.75) is 76.9 Å². The van der Waals surface area contributed by atoms with Crippen molar-refractivity contribution in [2.24, 2.45) is 5.92 Å². The summed E-state index contributed by atoms with van der Waals surface area (Å²) in [6.07, 6.45) is -0.696. The molecule has 44 heavy (non-hydrogen) atoms. The lowest BCUT2D eigenvalue weighted by Gasteiger charge is -2.43. The van der Waals surface area contributed by atoms with Crippen LogP contribution in [0.15, 0.2) is 84.9 Å². The van der Waals surface area contributed by atoms with E-state index in [1.165, 1.54) is 4.90 Å². The van der Waals surface area contributed by atoms with E-state index < -0.39 is 46.8 Å². The lowest BCUT2D eigenvalue weighted by Crippen LogP contribution is -2.69. The summed E-state index contributed by atoms with van der Waals surface area (Å²) >= 11 is 0. The highest BCUT2D eigenvalue weighted by molar-refractivity contribution is 6.13. The number of ether oxygens (including phenoxy) is 5. The molecule has 0 spiro atoms. The van der Waals surface area contributed by atoms with E-state index in [4.69, 9.17) is 23.7 Å². The van der Waals surface area contributed by atoms with E-state index in [1.807, 2.05) is 60.7 Å². The van der Waals surface area contributed by atoms with Gasteiger partial charge in [-0.15, -0.1) is 0 Å². The maximum Gasteiger partial charge on any atom is 0.347 e. The van der Waals surface area contributed by atoms with E-state index in [9.17, 15) is 14.4 Å². The fraction of sp³-hybridized carbons (Fsp3) is 0.400. The van der Waals surface area contributed by atoms with Crippen molar-refractivity contribution in [3.05, 3.63) is 102 Å². The van der Waals surface area contributed by atoms with Gasteiger partial charge in [0.25, 0.3) is 5.54 Å². The molecule has 2 aliphatic heterocycles. The number of nitrogens with zero attached hydrogens (tertiary/aromatic N) is 1. The van der Waals surface area contributed by atoms with Gasteiger partial charge in [0.15, 0.2) is 6.29 Å². The summed E-state index contributed by atoms with van der Waals surface area (Å²) < 4.78 is 29.6. The number of rotatable bonds is 10. The molecular formula is C35H39NO8. The van der Waals surface area contributed by atoms with Crippen LogP contribution in [0.5, 0.6) is 5.75 Å². The molecule has 0 N–H and O–H groups in total. The average Bonchev–Trinajstić information content (AvgIpc) is 3.43. The van der Waals surface area contributed by atoms with E-state index in [0.29, 0.717) is 11.3 Å². The van der Waals surface area contributed by atoms with Crippen LogP contribution in [0.2, 0.25) is 0 Å². The maximum atomic E-state index is 14.5. The Kier molecular flexibility index (Phi) is 8.81. The molecule has 232 valence electrons. The smallest absolute Gasteiger partial charge is 0.347 e. The quantitative estimate of drug-likeness (QED) is 0.231. The first-order valence-electron chi connectivity index (χ1n) is 14.7. The first-order valence-corrected chi connectivity index (χ1v) is 14.7. The molecule has 1 amide bonds. The number of carbonyl (C=O) groups is 3. The molecule has 0 unspecified atom stereocenters. The zero-order chi connectivity index (χ0) is 31.5. The molecule has 0 aliphatic carbocycles. The molecule has 2 heterocycles. The van der Waals surface area contributed by atoms with Gasteiger partial charge in [-0.2, -0.15) is 0 Å². The molecule has 0 saturated carbocycles. The molecule has 2 aliphatic rings. The largest absolute Gasteiger partial charge is 0.497 e. The number of fused-ring (bicyclic) bond motifs is 1. The Bertz CT molecular complexity index is 1470. The zero-order valence-corrected chi connectivity index (χ0v) is 25.8. The Morgan fingerprint density at radius 1 is 0.864 bits per heavy atom. The highest BCUT2D eigenvalue weighted by atomic mass is 16.7. The minimum atomic E-state index is -2.26. The number of benzene rings is 3. The number of hydrogen-bond acceptors (Lipinski definition) is 8. The van der Waals surface area contributed by atoms with Crippen molar-refractivity contribution in [1.29, 1.82) is 0 Å². The second kappa shape index (κ2) is 12.4. The highest BCUT2D eigenvalue weighted by Gasteiger charge is 2.79. The SMILES string of the molecule is COc1ccc(CN2C(=O)[C@@H]3C[C@H](OCc4ccccc4)O[C@]3(C)[C@]2(C(=O)OCc2ccccc2)C(=O)OC(C)(C)C)cc1. The fourth-order valence-electron chi connectivity index (χ4n) is 5.98. The molecule has 5 rings (SSSR count). The molecule has 3 aromatic rings. The maximum absolute atomic E-state index is 14.5. The highest BCUT2D eigenvalue weighted by Crippen LogP contribution is 2.55. The second-order valence-corrected chi connectivity index (χ2v) is 12.3. The summed E-state index contributed by atoms with van der Waals surface area (Å²) in [7, 11) is 1.56. The second-order valence-electron chi connectivity index (χ2n) is 12.3. The predicted octanol–water partition coefficient (Wildman–Crippen LogP) is 5.20. The number of hydrogen-bond donors (Lipinski definition) is 0. The van der Waals surface area contributed by atoms with Gasteiger partial charge in [0.05, 0.1) is 19.6 Å². The van der Waals surface area contributed by atoms with Crippen LogP contribution in [0.25, 0.3) is 0 Å². The molecule has 2 fully saturated rings. The molecule has 3 aromatic carbocycles. The number of amides is 1. The Morgan fingerprint density at radius 2 is 1.45 bits per heavy atom. The third kappa shape index (κ3) is 5.94. The van der Waals surface area contributed by atoms with E-state index in [-0.39, 0.29) is 26.2 Å². The van der Waals surface area contributed by atoms with Gasteiger partial charge in [-0.25, -0.2) is 9.59 Å². The van der Waals surface area contributed by atoms with E-state index in [0.717, 1.165) is 11.1 Å². The molecule has 9 nitrogen and oxygen atoms in total. The standard InChI is InChI=1S/C35H39NO8/c1-33(2,3)44-32(39)35(31(38)42-23-26-14-10-7-11-15-26)34(4)28(20-29(43-34)41-22-25-12-8-6-9-13-25)30(37)36(35)21-24-16-18-27(40-5)19-17-24/h6-19,28-29H,20-23H2,1-5H3/t28-,29+,34-,35-/m0/s1. The Hall–Kier alpha value is -4.21. The fourth-order valence-corrected chi connectivity index (χ4v) is 5.98. The molecule has 0 aromatic heterocycles. The third-order valence-corrected chi connectivity index (χ3v) is 8.14. The van der Waals surface area contributed by atoms with Crippen LogP contribution in [0.4, 0.5) is 0 Å². The number of methoxy groups -OCH3 is 1. The Labute approximate surface area is 258 Å². The van der Waals surface area contributed by atoms with Crippen LogP contribution in [0.1, 0.15) is 50.8 Å². The van der Waals surface area contributed by atoms with Crippen molar-refractivity contribution in [3.8, 4) is 5.75 Å². The third-order valence-electron chi connectivity index (χ3n) is 8.14. The molecular weight excluding hydrogens is 562 g/mol. The summed E-state index contributed by atoms with van der Waals surface area (Å²) in [5, 5.41) is 0. The van der Waals surface area contributed by atoms with Crippen LogP contribution >= 0.6 is 0 Å². The topological polar surface area (TPSA) is 101 Å². The van der Waals surface area contributed by atoms with Crippen molar-refractivity contribution in [2.75, 3.05) is 7.11 Å². The summed E-state index contributed by atoms with van der Waals surface area (Å²) in [5.74, 6) is -2.51. The first kappa shape index (κ1) is 31.2. The van der Waals surface area contributed by atoms with Crippen LogP contribution < -0.4 is 4.74 Å². The van der Waals surface area contributed by atoms with Crippen molar-refractivity contribution >= 4 is 17.8 Å². The van der Waals surface area contributed by atoms with Gasteiger partial charge in [0, 0.05) is 13.0 Å². The molecule has 0 radical (unpaired) electrons. The minimum Gasteiger partial charge on any atom is -0.497 e. The zero-order valence-electron chi connectivity index (χ0n) is 25.8. The van der Waals surface area contributed by atoms with Crippen LogP contribution in [-0.2, 0) is 53.1 Å². The van der Waals surface area contributed by atoms with Crippen molar-refractivity contribution in [3.63, 3.8) is 0 Å². The summed E-state index contributed by atoms with van der Waals surface area (Å²) in [4.78, 5) is 44.6. The number of esters is 2. The van der Waals surface area contributed by atoms with E-state index in [2.05, 4.69) is 0 Å². The molecule has 9 heteroatoms. The number of likely N-dealkylation sites (tertiary alicyclic amines) is 1. The van der Waals surface area contributed by atoms with Gasteiger partial charge < -0.3 is 28.6 Å². The van der Waals surface area contributed by atoms with Gasteiger partial charge in [-0.1, -0.05) is 72.8 Å². The summed E-state index contributed by atoms with van der Waals surface area (Å²) in [6.45, 7) is 6.80. The summed E-state index contributed by atoms with van der Waals surface area (Å²) in [6, 6.07) is 25.8. The Morgan fingerprint density at radius 3 is 2.02 bits per heavy atom. The van der Waals surface area contributed by atoms with Crippen LogP contribution in [-0.4, -0.2) is 52.9 Å². The predicted molar refractivity (Wildman–Crippen MR) is 161 cm³/mol. The van der Waals surface area contributed by atoms with E-state index in [1.54, 1.807) is 59.1 Å². The van der Waals surface area contributed by atoms with Crippen molar-refractivity contribution < 1.29 is 38.1 Å². The normalized spacial score (nSPS) is 24.6. The van der Waals surface area contributed by atoms with Crippen LogP contribution in [0.3, 0.4) is 0 Å². The number of carbonyl (C=O) groups excluding carboxylic acids is 3. The minimum absolute atomic E-state index is 0.0620.